The molecule has 1 aliphatic carbocycles. The zero-order valence-corrected chi connectivity index (χ0v) is 15.7. The number of hydrogen-bond acceptors (Lipinski definition) is 3. The van der Waals surface area contributed by atoms with Crippen molar-refractivity contribution in [3.05, 3.63) is 58.1 Å². The molecule has 26 heavy (non-hydrogen) atoms. The van der Waals surface area contributed by atoms with E-state index in [1.54, 1.807) is 12.1 Å². The maximum atomic E-state index is 11.1. The van der Waals surface area contributed by atoms with E-state index in [0.717, 1.165) is 12.8 Å². The minimum Gasteiger partial charge on any atom is -0.481 e. The molecule has 138 valence electrons. The van der Waals surface area contributed by atoms with Crippen LogP contribution in [0, 0.1) is 0 Å². The van der Waals surface area contributed by atoms with Crippen LogP contribution in [0.4, 0.5) is 5.69 Å². The molecular weight excluding hydrogens is 374 g/mol. The number of rotatable bonds is 4. The highest BCUT2D eigenvalue weighted by Crippen LogP contribution is 2.31. The summed E-state index contributed by atoms with van der Waals surface area (Å²) >= 11 is 5.63. The lowest BCUT2D eigenvalue weighted by atomic mass is 10.0. The van der Waals surface area contributed by atoms with Crippen molar-refractivity contribution in [2.24, 2.45) is 0 Å². The van der Waals surface area contributed by atoms with Gasteiger partial charge in [0.1, 0.15) is 4.90 Å². The fraction of sp³-hybridized carbons (Fsp3) is 0.316. The van der Waals surface area contributed by atoms with Crippen LogP contribution in [-0.2, 0) is 34.1 Å². The third kappa shape index (κ3) is 4.37. The van der Waals surface area contributed by atoms with E-state index in [4.69, 9.17) is 16.7 Å². The summed E-state index contributed by atoms with van der Waals surface area (Å²) in [7, 11) is -3.33. The first-order chi connectivity index (χ1) is 12.3. The van der Waals surface area contributed by atoms with E-state index in [1.807, 2.05) is 0 Å². The Kier molecular flexibility index (Phi) is 5.53. The number of carboxylic acid groups (broad SMARTS) is 1. The van der Waals surface area contributed by atoms with Crippen LogP contribution >= 0.6 is 11.6 Å². The highest BCUT2D eigenvalue weighted by atomic mass is 35.5. The third-order valence-corrected chi connectivity index (χ3v) is 6.36. The highest BCUT2D eigenvalue weighted by molar-refractivity contribution is 7.93. The van der Waals surface area contributed by atoms with Gasteiger partial charge in [0.15, 0.2) is 0 Å². The summed E-state index contributed by atoms with van der Waals surface area (Å²) < 4.78 is 24.5. The quantitative estimate of drug-likeness (QED) is 0.821. The molecule has 0 spiro atoms. The SMILES string of the molecule is O=C(O)CCCc1ccc2c(c1)CCC2.O=S1(=O)Nc2ccc1c(Cl)c2. The zero-order chi connectivity index (χ0) is 18.7. The molecule has 0 amide bonds. The van der Waals surface area contributed by atoms with Crippen molar-refractivity contribution in [2.45, 2.75) is 43.4 Å². The van der Waals surface area contributed by atoms with E-state index in [-0.39, 0.29) is 16.3 Å². The molecule has 7 heteroatoms. The maximum absolute atomic E-state index is 11.1. The van der Waals surface area contributed by atoms with Crippen molar-refractivity contribution in [3.8, 4) is 0 Å². The van der Waals surface area contributed by atoms with Gasteiger partial charge in [-0.3, -0.25) is 9.52 Å². The largest absolute Gasteiger partial charge is 0.481 e. The van der Waals surface area contributed by atoms with Crippen molar-refractivity contribution < 1.29 is 18.3 Å². The molecule has 0 aromatic heterocycles. The maximum Gasteiger partial charge on any atom is 0.303 e. The van der Waals surface area contributed by atoms with Gasteiger partial charge in [0.05, 0.1) is 10.7 Å². The predicted octanol–water partition coefficient (Wildman–Crippen LogP) is 4.04. The molecule has 0 atom stereocenters. The number of halogens is 1. The van der Waals surface area contributed by atoms with Crippen LogP contribution in [0.5, 0.6) is 0 Å². The van der Waals surface area contributed by atoms with Crippen molar-refractivity contribution in [2.75, 3.05) is 4.72 Å². The summed E-state index contributed by atoms with van der Waals surface area (Å²) in [5, 5.41) is 8.83. The summed E-state index contributed by atoms with van der Waals surface area (Å²) in [6.07, 6.45) is 5.59. The molecule has 2 aliphatic heterocycles. The molecule has 5 rings (SSSR count). The number of aliphatic carboxylic acids is 1. The first-order valence-electron chi connectivity index (χ1n) is 8.50. The summed E-state index contributed by atoms with van der Waals surface area (Å²) in [6, 6.07) is 11.3. The Bertz CT molecular complexity index is 941. The summed E-state index contributed by atoms with van der Waals surface area (Å²) in [6.45, 7) is 0. The molecule has 0 saturated carbocycles. The Balaban J connectivity index is 0.000000158. The standard InChI is InChI=1S/C13H16O2.C6H4ClNO2S/c14-13(15)6-1-3-10-7-8-11-4-2-5-12(11)9-10;7-5-3-4-1-2-6(5)11(9,10)8-4/h7-9H,1-6H2,(H,14,15);1-3,8H. The van der Waals surface area contributed by atoms with E-state index in [1.165, 1.54) is 42.0 Å². The lowest BCUT2D eigenvalue weighted by Crippen LogP contribution is -2.17. The Morgan fingerprint density at radius 3 is 2.50 bits per heavy atom. The van der Waals surface area contributed by atoms with Gasteiger partial charge in [-0.2, -0.15) is 0 Å². The Morgan fingerprint density at radius 2 is 1.88 bits per heavy atom. The van der Waals surface area contributed by atoms with Crippen LogP contribution in [0.25, 0.3) is 0 Å². The van der Waals surface area contributed by atoms with Gasteiger partial charge in [0.25, 0.3) is 10.0 Å². The molecule has 2 aromatic rings. The monoisotopic (exact) mass is 393 g/mol. The molecule has 2 aromatic carbocycles. The summed E-state index contributed by atoms with van der Waals surface area (Å²) in [5.74, 6) is -0.698. The molecule has 0 unspecified atom stereocenters. The first kappa shape index (κ1) is 18.7. The van der Waals surface area contributed by atoms with Gasteiger partial charge >= 0.3 is 5.97 Å². The van der Waals surface area contributed by atoms with Crippen LogP contribution in [0.15, 0.2) is 41.3 Å². The molecular formula is C19H20ClNO4S. The number of fused-ring (bicyclic) bond motifs is 4. The zero-order valence-electron chi connectivity index (χ0n) is 14.2. The lowest BCUT2D eigenvalue weighted by Gasteiger charge is -2.15. The normalized spacial score (nSPS) is 15.6. The van der Waals surface area contributed by atoms with Gasteiger partial charge in [0, 0.05) is 6.42 Å². The Hall–Kier alpha value is -2.05. The van der Waals surface area contributed by atoms with Crippen molar-refractivity contribution in [1.29, 1.82) is 0 Å². The predicted molar refractivity (Wildman–Crippen MR) is 101 cm³/mol. The molecule has 2 N–H and O–H groups in total. The molecule has 0 saturated heterocycles. The van der Waals surface area contributed by atoms with Gasteiger partial charge in [-0.15, -0.1) is 0 Å². The number of aryl methyl sites for hydroxylation is 3. The van der Waals surface area contributed by atoms with E-state index < -0.39 is 16.0 Å². The van der Waals surface area contributed by atoms with Crippen LogP contribution in [-0.4, -0.2) is 19.5 Å². The lowest BCUT2D eigenvalue weighted by molar-refractivity contribution is -0.137. The molecule has 5 nitrogen and oxygen atoms in total. The number of carboxylic acids is 1. The molecule has 0 radical (unpaired) electrons. The van der Waals surface area contributed by atoms with Gasteiger partial charge in [-0.1, -0.05) is 29.8 Å². The fourth-order valence-electron chi connectivity index (χ4n) is 3.22. The fourth-order valence-corrected chi connectivity index (χ4v) is 4.81. The summed E-state index contributed by atoms with van der Waals surface area (Å²) in [5.41, 5.74) is 4.77. The second kappa shape index (κ2) is 7.68. The molecule has 2 bridgehead atoms. The Morgan fingerprint density at radius 1 is 1.12 bits per heavy atom. The number of hydrogen-bond donors (Lipinski definition) is 2. The average Bonchev–Trinajstić information content (AvgIpc) is 3.01. The van der Waals surface area contributed by atoms with Crippen LogP contribution in [0.2, 0.25) is 5.02 Å². The van der Waals surface area contributed by atoms with E-state index in [0.29, 0.717) is 5.69 Å². The van der Waals surface area contributed by atoms with Crippen LogP contribution in [0.3, 0.4) is 0 Å². The smallest absolute Gasteiger partial charge is 0.303 e. The van der Waals surface area contributed by atoms with Gasteiger partial charge in [-0.05, 0) is 67.0 Å². The van der Waals surface area contributed by atoms with Crippen molar-refractivity contribution >= 4 is 33.3 Å². The molecule has 3 aliphatic rings. The average molecular weight is 394 g/mol. The van der Waals surface area contributed by atoms with E-state index >= 15 is 0 Å². The number of sulfonamides is 1. The van der Waals surface area contributed by atoms with Gasteiger partial charge < -0.3 is 5.11 Å². The highest BCUT2D eigenvalue weighted by Gasteiger charge is 2.23. The minimum absolute atomic E-state index is 0.147. The number of anilines is 1. The molecule has 0 fully saturated rings. The molecule has 2 heterocycles. The van der Waals surface area contributed by atoms with E-state index in [2.05, 4.69) is 22.9 Å². The third-order valence-electron chi connectivity index (χ3n) is 4.49. The van der Waals surface area contributed by atoms with Gasteiger partial charge in [0.2, 0.25) is 0 Å². The van der Waals surface area contributed by atoms with Gasteiger partial charge in [-0.25, -0.2) is 8.42 Å². The summed E-state index contributed by atoms with van der Waals surface area (Å²) in [4.78, 5) is 10.5. The Labute approximate surface area is 158 Å². The second-order valence-corrected chi connectivity index (χ2v) is 8.51. The topological polar surface area (TPSA) is 83.5 Å². The van der Waals surface area contributed by atoms with Crippen molar-refractivity contribution in [3.63, 3.8) is 0 Å². The van der Waals surface area contributed by atoms with Crippen LogP contribution in [0.1, 0.15) is 36.0 Å². The number of carbonyl (C=O) groups is 1. The van der Waals surface area contributed by atoms with Crippen LogP contribution < -0.4 is 4.72 Å². The first-order valence-corrected chi connectivity index (χ1v) is 10.4. The number of benzene rings is 2. The van der Waals surface area contributed by atoms with E-state index in [9.17, 15) is 13.2 Å². The second-order valence-electron chi connectivity index (χ2n) is 6.45. The minimum atomic E-state index is -3.33. The number of nitrogens with one attached hydrogen (secondary N) is 1. The van der Waals surface area contributed by atoms with Crippen molar-refractivity contribution in [1.82, 2.24) is 0 Å².